The van der Waals surface area contributed by atoms with Gasteiger partial charge in [-0.2, -0.15) is 0 Å². The van der Waals surface area contributed by atoms with Crippen molar-refractivity contribution < 1.29 is 9.13 Å². The van der Waals surface area contributed by atoms with E-state index in [9.17, 15) is 4.39 Å². The van der Waals surface area contributed by atoms with Crippen molar-refractivity contribution in [1.82, 2.24) is 0 Å². The molecule has 0 aromatic heterocycles. The van der Waals surface area contributed by atoms with E-state index in [1.807, 2.05) is 0 Å². The lowest BCUT2D eigenvalue weighted by Crippen LogP contribution is -2.18. The Kier molecular flexibility index (Phi) is 8.27. The molecule has 2 aromatic rings. The van der Waals surface area contributed by atoms with E-state index in [-0.39, 0.29) is 5.82 Å². The minimum atomic E-state index is -0.221. The van der Waals surface area contributed by atoms with E-state index in [1.54, 1.807) is 12.1 Å². The lowest BCUT2D eigenvalue weighted by Gasteiger charge is -2.33. The number of hydrogen-bond donors (Lipinski definition) is 0. The van der Waals surface area contributed by atoms with Gasteiger partial charge in [0.25, 0.3) is 0 Å². The molecule has 0 radical (unpaired) electrons. The topological polar surface area (TPSA) is 9.23 Å². The molecule has 0 N–H and O–H groups in total. The summed E-state index contributed by atoms with van der Waals surface area (Å²) in [6.45, 7) is 2.40. The van der Waals surface area contributed by atoms with E-state index in [2.05, 4.69) is 43.3 Å². The fourth-order valence-corrected chi connectivity index (χ4v) is 6.37. The molecular formula is C30H41FO. The molecule has 0 saturated heterocycles. The standard InChI is InChI=1S/C30H41FO/c1-22(26-6-4-3-5-7-26)20-25-12-10-23(11-13-25)8-9-24-14-16-27(17-15-24)28-18-19-30(32-2)29(31)21-28/h3-7,18-19,21-25,27H,8-17,20H2,1-2H3/t22-,23?,24?,25?,27?/m1/s1. The first-order valence-electron chi connectivity index (χ1n) is 13.0. The van der Waals surface area contributed by atoms with Gasteiger partial charge in [-0.3, -0.25) is 0 Å². The Balaban J connectivity index is 1.14. The fraction of sp³-hybridized carbons (Fsp3) is 0.600. The summed E-state index contributed by atoms with van der Waals surface area (Å²) in [5, 5.41) is 0. The van der Waals surface area contributed by atoms with Gasteiger partial charge in [0.1, 0.15) is 0 Å². The van der Waals surface area contributed by atoms with Gasteiger partial charge in [-0.15, -0.1) is 0 Å². The molecule has 0 unspecified atom stereocenters. The largest absolute Gasteiger partial charge is 0.494 e. The zero-order valence-corrected chi connectivity index (χ0v) is 20.1. The van der Waals surface area contributed by atoms with Crippen molar-refractivity contribution in [2.75, 3.05) is 7.11 Å². The lowest BCUT2D eigenvalue weighted by molar-refractivity contribution is 0.220. The van der Waals surface area contributed by atoms with Crippen LogP contribution in [-0.2, 0) is 0 Å². The van der Waals surface area contributed by atoms with Gasteiger partial charge in [-0.1, -0.05) is 81.8 Å². The maximum atomic E-state index is 14.1. The molecule has 1 atom stereocenters. The number of benzene rings is 2. The zero-order chi connectivity index (χ0) is 22.3. The third-order valence-electron chi connectivity index (χ3n) is 8.50. The number of halogens is 1. The van der Waals surface area contributed by atoms with E-state index < -0.39 is 0 Å². The van der Waals surface area contributed by atoms with Crippen LogP contribution in [0, 0.1) is 23.6 Å². The van der Waals surface area contributed by atoms with Crippen LogP contribution >= 0.6 is 0 Å². The van der Waals surface area contributed by atoms with Gasteiger partial charge in [0.05, 0.1) is 7.11 Å². The van der Waals surface area contributed by atoms with Crippen LogP contribution in [0.4, 0.5) is 4.39 Å². The van der Waals surface area contributed by atoms with Gasteiger partial charge in [0.2, 0.25) is 0 Å². The first kappa shape index (κ1) is 23.3. The van der Waals surface area contributed by atoms with Crippen LogP contribution in [0.15, 0.2) is 48.5 Å². The Hall–Kier alpha value is -1.83. The molecule has 0 heterocycles. The summed E-state index contributed by atoms with van der Waals surface area (Å²) in [6, 6.07) is 16.6. The van der Waals surface area contributed by atoms with Crippen LogP contribution in [0.3, 0.4) is 0 Å². The normalized spacial score (nSPS) is 27.1. The van der Waals surface area contributed by atoms with Crippen molar-refractivity contribution in [3.05, 3.63) is 65.5 Å². The van der Waals surface area contributed by atoms with E-state index in [0.717, 1.165) is 23.3 Å². The molecule has 0 bridgehead atoms. The zero-order valence-electron chi connectivity index (χ0n) is 20.1. The highest BCUT2D eigenvalue weighted by atomic mass is 19.1. The van der Waals surface area contributed by atoms with Gasteiger partial charge in [-0.25, -0.2) is 4.39 Å². The molecule has 2 fully saturated rings. The van der Waals surface area contributed by atoms with Crippen molar-refractivity contribution in [2.24, 2.45) is 17.8 Å². The Morgan fingerprint density at radius 3 is 2.00 bits per heavy atom. The van der Waals surface area contributed by atoms with Crippen molar-refractivity contribution in [2.45, 2.75) is 89.4 Å². The third-order valence-corrected chi connectivity index (χ3v) is 8.50. The summed E-state index contributed by atoms with van der Waals surface area (Å²) < 4.78 is 19.1. The Labute approximate surface area is 194 Å². The molecule has 0 spiro atoms. The second-order valence-electron chi connectivity index (χ2n) is 10.6. The monoisotopic (exact) mass is 436 g/mol. The molecule has 2 heteroatoms. The Morgan fingerprint density at radius 2 is 1.41 bits per heavy atom. The van der Waals surface area contributed by atoms with Crippen molar-refractivity contribution >= 4 is 0 Å². The molecule has 2 aliphatic carbocycles. The Bertz CT molecular complexity index is 816. The molecule has 0 amide bonds. The smallest absolute Gasteiger partial charge is 0.165 e. The van der Waals surface area contributed by atoms with Crippen LogP contribution in [0.5, 0.6) is 5.75 Å². The summed E-state index contributed by atoms with van der Waals surface area (Å²) in [5.41, 5.74) is 2.66. The predicted octanol–water partition coefficient (Wildman–Crippen LogP) is 8.89. The first-order valence-corrected chi connectivity index (χ1v) is 13.0. The van der Waals surface area contributed by atoms with Crippen LogP contribution in [0.2, 0.25) is 0 Å². The molecule has 2 aliphatic rings. The van der Waals surface area contributed by atoms with Crippen LogP contribution in [0.1, 0.15) is 101 Å². The van der Waals surface area contributed by atoms with Gasteiger partial charge in [-0.05, 0) is 85.0 Å². The number of hydrogen-bond acceptors (Lipinski definition) is 1. The predicted molar refractivity (Wildman–Crippen MR) is 132 cm³/mol. The van der Waals surface area contributed by atoms with Gasteiger partial charge < -0.3 is 4.74 Å². The van der Waals surface area contributed by atoms with Gasteiger partial charge in [0.15, 0.2) is 11.6 Å². The van der Waals surface area contributed by atoms with E-state index in [1.165, 1.54) is 83.3 Å². The summed E-state index contributed by atoms with van der Waals surface area (Å²) in [6.07, 6.45) is 14.9. The van der Waals surface area contributed by atoms with Crippen molar-refractivity contribution in [3.63, 3.8) is 0 Å². The highest BCUT2D eigenvalue weighted by Gasteiger charge is 2.26. The first-order chi connectivity index (χ1) is 15.6. The van der Waals surface area contributed by atoms with Gasteiger partial charge in [0, 0.05) is 0 Å². The minimum absolute atomic E-state index is 0.221. The lowest BCUT2D eigenvalue weighted by atomic mass is 9.73. The number of ether oxygens (including phenoxy) is 1. The maximum absolute atomic E-state index is 14.1. The summed E-state index contributed by atoms with van der Waals surface area (Å²) in [7, 11) is 1.53. The molecular weight excluding hydrogens is 395 g/mol. The quantitative estimate of drug-likeness (QED) is 0.401. The molecule has 174 valence electrons. The van der Waals surface area contributed by atoms with Crippen LogP contribution < -0.4 is 4.74 Å². The molecule has 2 aromatic carbocycles. The third kappa shape index (κ3) is 6.15. The SMILES string of the molecule is COc1ccc(C2CCC(CCC3CCC(C[C@@H](C)c4ccccc4)CC3)CC2)cc1F. The van der Waals surface area contributed by atoms with Crippen molar-refractivity contribution in [1.29, 1.82) is 0 Å². The second-order valence-corrected chi connectivity index (χ2v) is 10.6. The molecule has 2 saturated carbocycles. The Morgan fingerprint density at radius 1 is 0.812 bits per heavy atom. The van der Waals surface area contributed by atoms with E-state index in [0.29, 0.717) is 17.6 Å². The summed E-state index contributed by atoms with van der Waals surface area (Å²) in [5.74, 6) is 4.09. The highest BCUT2D eigenvalue weighted by molar-refractivity contribution is 5.31. The van der Waals surface area contributed by atoms with Gasteiger partial charge >= 0.3 is 0 Å². The molecule has 4 rings (SSSR count). The van der Waals surface area contributed by atoms with E-state index in [4.69, 9.17) is 4.74 Å². The van der Waals surface area contributed by atoms with Crippen molar-refractivity contribution in [3.8, 4) is 5.75 Å². The molecule has 0 aliphatic heterocycles. The molecule has 32 heavy (non-hydrogen) atoms. The fourth-order valence-electron chi connectivity index (χ4n) is 6.37. The summed E-state index contributed by atoms with van der Waals surface area (Å²) >= 11 is 0. The average molecular weight is 437 g/mol. The summed E-state index contributed by atoms with van der Waals surface area (Å²) in [4.78, 5) is 0. The number of rotatable bonds is 8. The average Bonchev–Trinajstić information content (AvgIpc) is 2.84. The van der Waals surface area contributed by atoms with E-state index >= 15 is 0 Å². The number of methoxy groups -OCH3 is 1. The second kappa shape index (κ2) is 11.3. The van der Waals surface area contributed by atoms with Crippen LogP contribution in [-0.4, -0.2) is 7.11 Å². The highest BCUT2D eigenvalue weighted by Crippen LogP contribution is 2.41. The maximum Gasteiger partial charge on any atom is 0.165 e. The molecule has 1 nitrogen and oxygen atoms in total. The van der Waals surface area contributed by atoms with Crippen LogP contribution in [0.25, 0.3) is 0 Å². The minimum Gasteiger partial charge on any atom is -0.494 e.